The predicted molar refractivity (Wildman–Crippen MR) is 94.6 cm³/mol. The van der Waals surface area contributed by atoms with Crippen molar-refractivity contribution in [1.29, 1.82) is 0 Å². The van der Waals surface area contributed by atoms with E-state index >= 15 is 0 Å². The van der Waals surface area contributed by atoms with Gasteiger partial charge in [-0.25, -0.2) is 4.98 Å². The molecule has 1 aromatic rings. The van der Waals surface area contributed by atoms with Crippen molar-refractivity contribution < 1.29 is 33.6 Å². The van der Waals surface area contributed by atoms with Gasteiger partial charge in [0.2, 0.25) is 0 Å². The van der Waals surface area contributed by atoms with Crippen molar-refractivity contribution in [3.63, 3.8) is 0 Å². The average molecular weight is 405 g/mol. The van der Waals surface area contributed by atoms with Gasteiger partial charge in [0.1, 0.15) is 12.2 Å². The molecule has 0 spiro atoms. The van der Waals surface area contributed by atoms with E-state index in [9.17, 15) is 33.6 Å². The second-order valence-corrected chi connectivity index (χ2v) is 7.58. The molecule has 4 N–H and O–H groups in total. The molecule has 0 aromatic carbocycles. The van der Waals surface area contributed by atoms with Crippen molar-refractivity contribution in [2.45, 2.75) is 43.4 Å². The van der Waals surface area contributed by atoms with Crippen LogP contribution < -0.4 is 4.90 Å². The van der Waals surface area contributed by atoms with Crippen LogP contribution in [0.3, 0.4) is 0 Å². The molecule has 0 radical (unpaired) electrons. The lowest BCUT2D eigenvalue weighted by atomic mass is 9.90. The van der Waals surface area contributed by atoms with E-state index in [0.717, 1.165) is 12.6 Å². The molecule has 10 heteroatoms. The van der Waals surface area contributed by atoms with Gasteiger partial charge in [-0.2, -0.15) is 13.2 Å². The third kappa shape index (κ3) is 4.41. The highest BCUT2D eigenvalue weighted by molar-refractivity contribution is 5.52. The van der Waals surface area contributed by atoms with Crippen molar-refractivity contribution in [2.75, 3.05) is 37.7 Å². The Morgan fingerprint density at radius 1 is 1.14 bits per heavy atom. The van der Waals surface area contributed by atoms with Crippen molar-refractivity contribution in [1.82, 2.24) is 9.88 Å². The first-order valence-electron chi connectivity index (χ1n) is 9.38. The zero-order valence-corrected chi connectivity index (χ0v) is 15.3. The maximum Gasteiger partial charge on any atom is 0.435 e. The number of β-amino-alcohol motifs (C(OH)–C–C–N with tert-alkyl or cyclic N) is 1. The Bertz CT molecular complexity index is 663. The normalized spacial score (nSPS) is 32.5. The second kappa shape index (κ2) is 8.50. The Morgan fingerprint density at radius 2 is 1.89 bits per heavy atom. The molecule has 0 bridgehead atoms. The molecule has 3 rings (SSSR count). The molecule has 3 heterocycles. The van der Waals surface area contributed by atoms with Crippen molar-refractivity contribution >= 4 is 5.69 Å². The Morgan fingerprint density at radius 3 is 2.57 bits per heavy atom. The van der Waals surface area contributed by atoms with E-state index in [4.69, 9.17) is 0 Å². The number of rotatable bonds is 4. The molecule has 158 valence electrons. The Labute approximate surface area is 161 Å². The molecule has 0 unspecified atom stereocenters. The SMILES string of the molecule is OC[C@H]1[C@@H](O)[C@H](O)[C@@H](O)CN1C[C@H]1CCCN(c2cccnc2C(F)(F)F)C1. The van der Waals surface area contributed by atoms with Crippen LogP contribution in [0.1, 0.15) is 18.5 Å². The highest BCUT2D eigenvalue weighted by atomic mass is 19.4. The highest BCUT2D eigenvalue weighted by Gasteiger charge is 2.42. The maximum atomic E-state index is 13.3. The summed E-state index contributed by atoms with van der Waals surface area (Å²) in [5.41, 5.74) is -0.858. The molecule has 0 saturated carbocycles. The summed E-state index contributed by atoms with van der Waals surface area (Å²) in [4.78, 5) is 6.90. The Hall–Kier alpha value is -1.46. The molecule has 0 amide bonds. The van der Waals surface area contributed by atoms with Crippen LogP contribution in [0, 0.1) is 5.92 Å². The predicted octanol–water partition coefficient (Wildman–Crippen LogP) is 0.0760. The molecule has 0 aliphatic carbocycles. The number of aromatic nitrogens is 1. The van der Waals surface area contributed by atoms with E-state index in [2.05, 4.69) is 4.98 Å². The number of hydrogen-bond acceptors (Lipinski definition) is 7. The van der Waals surface area contributed by atoms with Crippen LogP contribution >= 0.6 is 0 Å². The minimum absolute atomic E-state index is 0.0151. The number of aliphatic hydroxyl groups excluding tert-OH is 4. The molecule has 5 atom stereocenters. The average Bonchev–Trinajstić information content (AvgIpc) is 2.66. The summed E-state index contributed by atoms with van der Waals surface area (Å²) >= 11 is 0. The first-order chi connectivity index (χ1) is 13.2. The number of alkyl halides is 3. The van der Waals surface area contributed by atoms with Crippen molar-refractivity contribution in [3.8, 4) is 0 Å². The van der Waals surface area contributed by atoms with Crippen molar-refractivity contribution in [3.05, 3.63) is 24.0 Å². The molecular weight excluding hydrogens is 379 g/mol. The van der Waals surface area contributed by atoms with E-state index in [1.807, 2.05) is 0 Å². The summed E-state index contributed by atoms with van der Waals surface area (Å²) in [6.07, 6.45) is -5.70. The first kappa shape index (κ1) is 21.3. The molecule has 2 aliphatic heterocycles. The topological polar surface area (TPSA) is 100 Å². The van der Waals surface area contributed by atoms with Crippen LogP contribution in [-0.4, -0.2) is 87.4 Å². The van der Waals surface area contributed by atoms with Gasteiger partial charge < -0.3 is 25.3 Å². The highest BCUT2D eigenvalue weighted by Crippen LogP contribution is 2.36. The minimum Gasteiger partial charge on any atom is -0.395 e. The van der Waals surface area contributed by atoms with Gasteiger partial charge in [0.25, 0.3) is 0 Å². The number of nitrogens with zero attached hydrogens (tertiary/aromatic N) is 3. The summed E-state index contributed by atoms with van der Waals surface area (Å²) in [5, 5.41) is 39.4. The molecule has 1 aromatic heterocycles. The van der Waals surface area contributed by atoms with E-state index in [1.165, 1.54) is 12.1 Å². The molecular formula is C18H26F3N3O4. The zero-order valence-electron chi connectivity index (χ0n) is 15.3. The number of hydrogen-bond donors (Lipinski definition) is 4. The lowest BCUT2D eigenvalue weighted by Gasteiger charge is -2.45. The number of halogens is 3. The number of likely N-dealkylation sites (tertiary alicyclic amines) is 1. The fraction of sp³-hybridized carbons (Fsp3) is 0.722. The summed E-state index contributed by atoms with van der Waals surface area (Å²) in [6.45, 7) is 0.948. The molecule has 28 heavy (non-hydrogen) atoms. The van der Waals surface area contributed by atoms with Crippen LogP contribution in [0.15, 0.2) is 18.3 Å². The van der Waals surface area contributed by atoms with Gasteiger partial charge >= 0.3 is 6.18 Å². The van der Waals surface area contributed by atoms with Gasteiger partial charge in [0.05, 0.1) is 24.4 Å². The summed E-state index contributed by atoms with van der Waals surface area (Å²) < 4.78 is 39.9. The van der Waals surface area contributed by atoms with Crippen LogP contribution in [0.4, 0.5) is 18.9 Å². The zero-order chi connectivity index (χ0) is 20.5. The summed E-state index contributed by atoms with van der Waals surface area (Å²) in [5.74, 6) is -0.0151. The number of aliphatic hydroxyl groups is 4. The smallest absolute Gasteiger partial charge is 0.395 e. The van der Waals surface area contributed by atoms with Gasteiger partial charge in [0.15, 0.2) is 5.69 Å². The second-order valence-electron chi connectivity index (χ2n) is 7.58. The maximum absolute atomic E-state index is 13.3. The molecule has 2 saturated heterocycles. The standard InChI is InChI=1S/C18H26F3N3O4/c19-18(20,21)17-12(4-1-5-22-17)23-6-2-3-11(7-23)8-24-9-14(26)16(28)15(27)13(24)10-25/h1,4-5,11,13-16,25-28H,2-3,6-10H2/t11-,13-,14-,15+,16+/m0/s1. The monoisotopic (exact) mass is 405 g/mol. The van der Waals surface area contributed by atoms with E-state index in [-0.39, 0.29) is 24.8 Å². The van der Waals surface area contributed by atoms with E-state index in [0.29, 0.717) is 26.1 Å². The molecule has 7 nitrogen and oxygen atoms in total. The van der Waals surface area contributed by atoms with Gasteiger partial charge in [0, 0.05) is 32.4 Å². The minimum atomic E-state index is -4.54. The van der Waals surface area contributed by atoms with Crippen LogP contribution in [0.5, 0.6) is 0 Å². The lowest BCUT2D eigenvalue weighted by molar-refractivity contribution is -0.147. The summed E-state index contributed by atoms with van der Waals surface area (Å²) in [7, 11) is 0. The number of pyridine rings is 1. The lowest BCUT2D eigenvalue weighted by Crippen LogP contribution is -2.63. The summed E-state index contributed by atoms with van der Waals surface area (Å²) in [6, 6.07) is 2.17. The quantitative estimate of drug-likeness (QED) is 0.563. The van der Waals surface area contributed by atoms with Crippen molar-refractivity contribution in [2.24, 2.45) is 5.92 Å². The Kier molecular flexibility index (Phi) is 6.45. The third-order valence-electron chi connectivity index (χ3n) is 5.62. The van der Waals surface area contributed by atoms with Gasteiger partial charge in [-0.05, 0) is 30.9 Å². The molecule has 2 aliphatic rings. The first-order valence-corrected chi connectivity index (χ1v) is 9.38. The number of anilines is 1. The van der Waals surface area contributed by atoms with Gasteiger partial charge in [-0.15, -0.1) is 0 Å². The fourth-order valence-corrected chi connectivity index (χ4v) is 4.22. The van der Waals surface area contributed by atoms with Crippen LogP contribution in [0.2, 0.25) is 0 Å². The van der Waals surface area contributed by atoms with E-state index < -0.39 is 36.2 Å². The van der Waals surface area contributed by atoms with Crippen LogP contribution in [-0.2, 0) is 6.18 Å². The Balaban J connectivity index is 1.72. The van der Waals surface area contributed by atoms with Gasteiger partial charge in [-0.3, -0.25) is 4.90 Å². The number of piperidine rings is 2. The largest absolute Gasteiger partial charge is 0.435 e. The van der Waals surface area contributed by atoms with Crippen LogP contribution in [0.25, 0.3) is 0 Å². The molecule has 2 fully saturated rings. The van der Waals surface area contributed by atoms with Gasteiger partial charge in [-0.1, -0.05) is 0 Å². The third-order valence-corrected chi connectivity index (χ3v) is 5.62. The fourth-order valence-electron chi connectivity index (χ4n) is 4.22. The van der Waals surface area contributed by atoms with E-state index in [1.54, 1.807) is 9.80 Å².